The predicted molar refractivity (Wildman–Crippen MR) is 119 cm³/mol. The lowest BCUT2D eigenvalue weighted by molar-refractivity contribution is -0.113. The Morgan fingerprint density at radius 3 is 2.73 bits per heavy atom. The van der Waals surface area contributed by atoms with Crippen molar-refractivity contribution in [2.45, 2.75) is 58.8 Å². The maximum absolute atomic E-state index is 12.3. The highest BCUT2D eigenvalue weighted by molar-refractivity contribution is 7.99. The SMILES string of the molecule is CCc1nnc(NC(=O)CSc2nnc(C(C)Oc3cccc(C)c3C)n2CC)s1. The molecule has 1 amide bonds. The Balaban J connectivity index is 1.64. The van der Waals surface area contributed by atoms with Crippen LogP contribution in [-0.4, -0.2) is 36.6 Å². The molecular formula is C20H26N6O2S2. The van der Waals surface area contributed by atoms with Crippen LogP contribution in [0.5, 0.6) is 5.75 Å². The number of nitrogens with zero attached hydrogens (tertiary/aromatic N) is 5. The summed E-state index contributed by atoms with van der Waals surface area (Å²) in [4.78, 5) is 12.3. The van der Waals surface area contributed by atoms with Gasteiger partial charge in [0.05, 0.1) is 5.75 Å². The first-order chi connectivity index (χ1) is 14.4. The average Bonchev–Trinajstić information content (AvgIpc) is 3.36. The van der Waals surface area contributed by atoms with E-state index in [-0.39, 0.29) is 17.8 Å². The molecule has 2 heterocycles. The Morgan fingerprint density at radius 2 is 2.03 bits per heavy atom. The van der Waals surface area contributed by atoms with Crippen LogP contribution in [0.1, 0.15) is 48.8 Å². The quantitative estimate of drug-likeness (QED) is 0.492. The second-order valence-electron chi connectivity index (χ2n) is 6.73. The number of benzene rings is 1. The maximum atomic E-state index is 12.3. The highest BCUT2D eigenvalue weighted by Gasteiger charge is 2.20. The first-order valence-corrected chi connectivity index (χ1v) is 11.6. The van der Waals surface area contributed by atoms with Gasteiger partial charge in [0.2, 0.25) is 11.0 Å². The number of nitrogens with one attached hydrogen (secondary N) is 1. The molecule has 3 rings (SSSR count). The van der Waals surface area contributed by atoms with E-state index in [1.165, 1.54) is 28.7 Å². The summed E-state index contributed by atoms with van der Waals surface area (Å²) in [7, 11) is 0. The van der Waals surface area contributed by atoms with Gasteiger partial charge in [0.25, 0.3) is 0 Å². The Labute approximate surface area is 184 Å². The van der Waals surface area contributed by atoms with Crippen molar-refractivity contribution >= 4 is 34.1 Å². The molecule has 0 spiro atoms. The zero-order valence-electron chi connectivity index (χ0n) is 17.8. The van der Waals surface area contributed by atoms with Crippen LogP contribution >= 0.6 is 23.1 Å². The van der Waals surface area contributed by atoms with E-state index in [1.807, 2.05) is 44.4 Å². The number of rotatable bonds is 9. The molecule has 0 aliphatic rings. The van der Waals surface area contributed by atoms with Crippen LogP contribution in [0.15, 0.2) is 23.4 Å². The number of thioether (sulfide) groups is 1. The molecule has 3 aromatic rings. The van der Waals surface area contributed by atoms with Gasteiger partial charge in [0.1, 0.15) is 10.8 Å². The van der Waals surface area contributed by atoms with Crippen molar-refractivity contribution in [2.75, 3.05) is 11.1 Å². The van der Waals surface area contributed by atoms with Crippen molar-refractivity contribution in [3.8, 4) is 5.75 Å². The first kappa shape index (κ1) is 22.2. The van der Waals surface area contributed by atoms with E-state index in [0.717, 1.165) is 28.6 Å². The van der Waals surface area contributed by atoms with Gasteiger partial charge in [-0.2, -0.15) is 0 Å². The second kappa shape index (κ2) is 10.0. The molecule has 10 heteroatoms. The number of hydrogen-bond acceptors (Lipinski definition) is 8. The van der Waals surface area contributed by atoms with E-state index in [1.54, 1.807) is 0 Å². The largest absolute Gasteiger partial charge is 0.482 e. The normalized spacial score (nSPS) is 12.0. The fourth-order valence-corrected chi connectivity index (χ4v) is 4.34. The van der Waals surface area contributed by atoms with E-state index in [9.17, 15) is 4.79 Å². The van der Waals surface area contributed by atoms with E-state index in [2.05, 4.69) is 38.7 Å². The van der Waals surface area contributed by atoms with Gasteiger partial charge in [0.15, 0.2) is 17.1 Å². The standard InChI is InChI=1S/C20H26N6O2S2/c1-6-17-22-24-19(30-17)21-16(27)11-29-20-25-23-18(26(20)7-2)14(5)28-15-10-8-9-12(3)13(15)4/h8-10,14H,6-7,11H2,1-5H3,(H,21,24,27). The molecule has 1 N–H and O–H groups in total. The Bertz CT molecular complexity index is 1020. The van der Waals surface area contributed by atoms with Gasteiger partial charge in [-0.05, 0) is 51.3 Å². The van der Waals surface area contributed by atoms with Crippen molar-refractivity contribution in [3.05, 3.63) is 40.2 Å². The van der Waals surface area contributed by atoms with Gasteiger partial charge >= 0.3 is 0 Å². The van der Waals surface area contributed by atoms with Gasteiger partial charge in [-0.15, -0.1) is 20.4 Å². The van der Waals surface area contributed by atoms with Crippen LogP contribution in [-0.2, 0) is 17.8 Å². The van der Waals surface area contributed by atoms with Gasteiger partial charge < -0.3 is 9.30 Å². The summed E-state index contributed by atoms with van der Waals surface area (Å²) in [5.74, 6) is 1.64. The minimum Gasteiger partial charge on any atom is -0.482 e. The molecule has 0 fully saturated rings. The van der Waals surface area contributed by atoms with Gasteiger partial charge in [-0.1, -0.05) is 42.2 Å². The molecule has 30 heavy (non-hydrogen) atoms. The molecule has 0 radical (unpaired) electrons. The lowest BCUT2D eigenvalue weighted by Crippen LogP contribution is -2.15. The van der Waals surface area contributed by atoms with Crippen molar-refractivity contribution < 1.29 is 9.53 Å². The minimum atomic E-state index is -0.269. The Hall–Kier alpha value is -2.46. The third-order valence-corrected chi connectivity index (χ3v) is 6.58. The highest BCUT2D eigenvalue weighted by atomic mass is 32.2. The molecule has 0 aliphatic heterocycles. The molecule has 0 aliphatic carbocycles. The monoisotopic (exact) mass is 446 g/mol. The van der Waals surface area contributed by atoms with Crippen molar-refractivity contribution in [1.82, 2.24) is 25.0 Å². The molecule has 1 aromatic carbocycles. The summed E-state index contributed by atoms with van der Waals surface area (Å²) in [5.41, 5.74) is 2.29. The summed E-state index contributed by atoms with van der Waals surface area (Å²) < 4.78 is 8.14. The van der Waals surface area contributed by atoms with Gasteiger partial charge in [-0.3, -0.25) is 10.1 Å². The van der Waals surface area contributed by atoms with Crippen LogP contribution in [0.25, 0.3) is 0 Å². The highest BCUT2D eigenvalue weighted by Crippen LogP contribution is 2.28. The molecule has 8 nitrogen and oxygen atoms in total. The van der Waals surface area contributed by atoms with E-state index < -0.39 is 0 Å². The second-order valence-corrected chi connectivity index (χ2v) is 8.74. The van der Waals surface area contributed by atoms with Crippen molar-refractivity contribution in [3.63, 3.8) is 0 Å². The summed E-state index contributed by atoms with van der Waals surface area (Å²) in [6, 6.07) is 6.01. The van der Waals surface area contributed by atoms with Crippen LogP contribution < -0.4 is 10.1 Å². The van der Waals surface area contributed by atoms with Crippen LogP contribution in [0, 0.1) is 13.8 Å². The molecule has 2 aromatic heterocycles. The van der Waals surface area contributed by atoms with Crippen LogP contribution in [0.4, 0.5) is 5.13 Å². The third kappa shape index (κ3) is 5.17. The topological polar surface area (TPSA) is 94.8 Å². The van der Waals surface area contributed by atoms with Gasteiger partial charge in [0, 0.05) is 6.54 Å². The molecule has 0 bridgehead atoms. The number of carbonyl (C=O) groups is 1. The zero-order chi connectivity index (χ0) is 21.7. The molecule has 0 saturated heterocycles. The van der Waals surface area contributed by atoms with Crippen molar-refractivity contribution in [2.24, 2.45) is 0 Å². The zero-order valence-corrected chi connectivity index (χ0v) is 19.4. The summed E-state index contributed by atoms with van der Waals surface area (Å²) in [6.07, 6.45) is 0.530. The minimum absolute atomic E-state index is 0.148. The lowest BCUT2D eigenvalue weighted by atomic mass is 10.1. The predicted octanol–water partition coefficient (Wildman–Crippen LogP) is 4.20. The number of anilines is 1. The smallest absolute Gasteiger partial charge is 0.236 e. The number of aryl methyl sites for hydroxylation is 2. The number of ether oxygens (including phenoxy) is 1. The van der Waals surface area contributed by atoms with Crippen LogP contribution in [0.3, 0.4) is 0 Å². The lowest BCUT2D eigenvalue weighted by Gasteiger charge is -2.17. The molecule has 1 unspecified atom stereocenters. The van der Waals surface area contributed by atoms with Crippen molar-refractivity contribution in [1.29, 1.82) is 0 Å². The first-order valence-electron chi connectivity index (χ1n) is 9.83. The molecule has 160 valence electrons. The Kier molecular flexibility index (Phi) is 7.43. The summed E-state index contributed by atoms with van der Waals surface area (Å²) >= 11 is 2.73. The average molecular weight is 447 g/mol. The summed E-state index contributed by atoms with van der Waals surface area (Å²) in [6.45, 7) is 10.8. The van der Waals surface area contributed by atoms with Gasteiger partial charge in [-0.25, -0.2) is 0 Å². The molecule has 0 saturated carbocycles. The Morgan fingerprint density at radius 1 is 1.23 bits per heavy atom. The fourth-order valence-electron chi connectivity index (χ4n) is 2.83. The van der Waals surface area contributed by atoms with E-state index >= 15 is 0 Å². The van der Waals surface area contributed by atoms with E-state index in [4.69, 9.17) is 4.74 Å². The van der Waals surface area contributed by atoms with Crippen LogP contribution in [0.2, 0.25) is 0 Å². The maximum Gasteiger partial charge on any atom is 0.236 e. The van der Waals surface area contributed by atoms with E-state index in [0.29, 0.717) is 16.8 Å². The molecule has 1 atom stereocenters. The number of hydrogen-bond donors (Lipinski definition) is 1. The third-order valence-electron chi connectivity index (χ3n) is 4.63. The molecular weight excluding hydrogens is 420 g/mol. The number of amides is 1. The number of carbonyl (C=O) groups excluding carboxylic acids is 1. The summed E-state index contributed by atoms with van der Waals surface area (Å²) in [5, 5.41) is 21.5. The fraction of sp³-hybridized carbons (Fsp3) is 0.450. The number of aromatic nitrogens is 5.